The Balaban J connectivity index is 0.000000182. The third-order valence-corrected chi connectivity index (χ3v) is 9.90. The van der Waals surface area contributed by atoms with E-state index in [4.69, 9.17) is 9.72 Å². The number of carbonyl (C=O) groups excluding carboxylic acids is 1. The second-order valence-corrected chi connectivity index (χ2v) is 14.5. The quantitative estimate of drug-likeness (QED) is 0.174. The number of hydrogen-bond acceptors (Lipinski definition) is 9. The molecule has 0 bridgehead atoms. The lowest BCUT2D eigenvalue weighted by atomic mass is 10.1. The molecule has 5 aromatic rings. The van der Waals surface area contributed by atoms with Crippen LogP contribution in [0.4, 0.5) is 0 Å². The van der Waals surface area contributed by atoms with Crippen molar-refractivity contribution in [1.29, 1.82) is 0 Å². The minimum absolute atomic E-state index is 0.0582. The molecule has 1 N–H and O–H groups in total. The van der Waals surface area contributed by atoms with Gasteiger partial charge in [0, 0.05) is 12.0 Å². The molecular formula is C30H35N3O4S4. The van der Waals surface area contributed by atoms with E-state index in [2.05, 4.69) is 9.71 Å². The number of aromatic nitrogens is 2. The molecule has 0 aliphatic rings. The molecule has 0 aliphatic heterocycles. The summed E-state index contributed by atoms with van der Waals surface area (Å²) in [4.78, 5) is 22.5. The molecule has 0 saturated carbocycles. The topological polar surface area (TPSA) is 98.2 Å². The number of hydrogen-bond donors (Lipinski definition) is 1. The second-order valence-electron chi connectivity index (χ2n) is 9.71. The summed E-state index contributed by atoms with van der Waals surface area (Å²) in [5, 5.41) is 5.70. The number of sulfonamides is 1. The van der Waals surface area contributed by atoms with E-state index in [1.165, 1.54) is 22.7 Å². The predicted octanol–water partition coefficient (Wildman–Crippen LogP) is 8.17. The summed E-state index contributed by atoms with van der Waals surface area (Å²) in [6.45, 7) is 11.4. The summed E-state index contributed by atoms with van der Waals surface area (Å²) >= 11 is 4.37. The van der Waals surface area contributed by atoms with Crippen LogP contribution in [-0.4, -0.2) is 36.3 Å². The molecule has 0 radical (unpaired) electrons. The lowest BCUT2D eigenvalue weighted by Crippen LogP contribution is -2.29. The van der Waals surface area contributed by atoms with Crippen LogP contribution in [0.5, 0.6) is 5.88 Å². The zero-order valence-electron chi connectivity index (χ0n) is 23.9. The van der Waals surface area contributed by atoms with Crippen molar-refractivity contribution in [2.45, 2.75) is 57.9 Å². The van der Waals surface area contributed by atoms with E-state index in [1.807, 2.05) is 87.0 Å². The van der Waals surface area contributed by atoms with Gasteiger partial charge in [0.1, 0.15) is 9.90 Å². The molecule has 41 heavy (non-hydrogen) atoms. The Kier molecular flexibility index (Phi) is 12.2. The Morgan fingerprint density at radius 2 is 1.39 bits per heavy atom. The smallest absolute Gasteiger partial charge is 0.250 e. The van der Waals surface area contributed by atoms with Gasteiger partial charge < -0.3 is 4.74 Å². The van der Waals surface area contributed by atoms with Crippen LogP contribution in [0, 0.1) is 5.92 Å². The molecule has 0 saturated heterocycles. The van der Waals surface area contributed by atoms with Crippen LogP contribution in [-0.2, 0) is 10.0 Å². The fourth-order valence-corrected chi connectivity index (χ4v) is 7.13. The van der Waals surface area contributed by atoms with Gasteiger partial charge in [-0.25, -0.2) is 23.1 Å². The minimum Gasteiger partial charge on any atom is -0.473 e. The molecule has 4 heterocycles. The summed E-state index contributed by atoms with van der Waals surface area (Å²) < 4.78 is 31.5. The van der Waals surface area contributed by atoms with E-state index in [-0.39, 0.29) is 23.8 Å². The minimum atomic E-state index is -3.25. The van der Waals surface area contributed by atoms with E-state index >= 15 is 0 Å². The van der Waals surface area contributed by atoms with Gasteiger partial charge >= 0.3 is 0 Å². The SMILES string of the molecule is CC(C)C(=O)c1cccs1.CC(C)NS(=O)(=O)c1cccs1.CC(C)Oc1nc2ccccc2nc1-c1cccs1. The van der Waals surface area contributed by atoms with Crippen LogP contribution in [0.25, 0.3) is 21.6 Å². The Morgan fingerprint density at radius 3 is 1.90 bits per heavy atom. The molecular weight excluding hydrogens is 595 g/mol. The zero-order valence-corrected chi connectivity index (χ0v) is 27.2. The first-order valence-electron chi connectivity index (χ1n) is 13.1. The number of nitrogens with one attached hydrogen (secondary N) is 1. The van der Waals surface area contributed by atoms with E-state index in [1.54, 1.807) is 42.7 Å². The monoisotopic (exact) mass is 629 g/mol. The Hall–Kier alpha value is -2.96. The number of rotatable bonds is 8. The number of para-hydroxylation sites is 2. The average molecular weight is 630 g/mol. The Morgan fingerprint density at radius 1 is 0.780 bits per heavy atom. The van der Waals surface area contributed by atoms with E-state index < -0.39 is 10.0 Å². The van der Waals surface area contributed by atoms with Gasteiger partial charge in [-0.05, 0) is 74.2 Å². The van der Waals surface area contributed by atoms with Crippen LogP contribution in [0.1, 0.15) is 51.2 Å². The standard InChI is InChI=1S/C15H14N2OS.C8H10OS.C7H11NO2S2/c1-10(2)18-15-14(13-8-5-9-19-13)16-11-6-3-4-7-12(11)17-15;1-6(2)8(9)7-4-3-5-10-7;1-6(2)8-12(9,10)7-4-3-5-11-7/h3-10H,1-2H3;3-6H,1-2H3;3-6,8H,1-2H3. The molecule has 0 atom stereocenters. The van der Waals surface area contributed by atoms with Crippen molar-refractivity contribution >= 4 is 60.9 Å². The molecule has 0 fully saturated rings. The van der Waals surface area contributed by atoms with Gasteiger partial charge in [-0.15, -0.1) is 34.0 Å². The number of nitrogens with zero attached hydrogens (tertiary/aromatic N) is 2. The largest absolute Gasteiger partial charge is 0.473 e. The van der Waals surface area contributed by atoms with Crippen molar-refractivity contribution in [2.24, 2.45) is 5.92 Å². The number of benzene rings is 1. The van der Waals surface area contributed by atoms with Crippen LogP contribution in [0.3, 0.4) is 0 Å². The van der Waals surface area contributed by atoms with E-state index in [0.717, 1.165) is 26.5 Å². The first-order chi connectivity index (χ1) is 19.5. The van der Waals surface area contributed by atoms with E-state index in [9.17, 15) is 13.2 Å². The third-order valence-electron chi connectivity index (χ3n) is 5.08. The van der Waals surface area contributed by atoms with Crippen LogP contribution >= 0.6 is 34.0 Å². The Bertz CT molecular complexity index is 1590. The maximum atomic E-state index is 11.4. The van der Waals surface area contributed by atoms with Crippen molar-refractivity contribution in [3.05, 3.63) is 81.7 Å². The fourth-order valence-electron chi connectivity index (χ4n) is 3.35. The highest BCUT2D eigenvalue weighted by atomic mass is 32.2. The number of fused-ring (bicyclic) bond motifs is 1. The molecule has 7 nitrogen and oxygen atoms in total. The van der Waals surface area contributed by atoms with Gasteiger partial charge in [0.05, 0.1) is 26.9 Å². The lowest BCUT2D eigenvalue weighted by molar-refractivity contribution is 0.0943. The highest BCUT2D eigenvalue weighted by molar-refractivity contribution is 7.91. The highest BCUT2D eigenvalue weighted by Crippen LogP contribution is 2.32. The van der Waals surface area contributed by atoms with Gasteiger partial charge in [0.2, 0.25) is 15.9 Å². The number of thiophene rings is 3. The molecule has 1 aromatic carbocycles. The average Bonchev–Trinajstić information content (AvgIpc) is 3.71. The molecule has 0 spiro atoms. The molecule has 5 rings (SSSR count). The third kappa shape index (κ3) is 9.82. The van der Waals surface area contributed by atoms with Crippen molar-refractivity contribution in [1.82, 2.24) is 14.7 Å². The molecule has 218 valence electrons. The highest BCUT2D eigenvalue weighted by Gasteiger charge is 2.16. The van der Waals surface area contributed by atoms with Crippen LogP contribution < -0.4 is 9.46 Å². The van der Waals surface area contributed by atoms with Crippen molar-refractivity contribution in [2.75, 3.05) is 0 Å². The maximum Gasteiger partial charge on any atom is 0.250 e. The summed E-state index contributed by atoms with van der Waals surface area (Å²) in [6, 6.07) is 18.9. The second kappa shape index (κ2) is 15.3. The lowest BCUT2D eigenvalue weighted by Gasteiger charge is -2.12. The van der Waals surface area contributed by atoms with Crippen molar-refractivity contribution in [3.8, 4) is 16.5 Å². The van der Waals surface area contributed by atoms with Crippen molar-refractivity contribution in [3.63, 3.8) is 0 Å². The molecule has 0 unspecified atom stereocenters. The van der Waals surface area contributed by atoms with Crippen LogP contribution in [0.2, 0.25) is 0 Å². The molecule has 0 aliphatic carbocycles. The van der Waals surface area contributed by atoms with Gasteiger partial charge in [-0.3, -0.25) is 4.79 Å². The van der Waals surface area contributed by atoms with E-state index in [0.29, 0.717) is 10.1 Å². The molecule has 0 amide bonds. The van der Waals surface area contributed by atoms with Gasteiger partial charge in [0.25, 0.3) is 0 Å². The zero-order chi connectivity index (χ0) is 30.0. The number of ether oxygens (including phenoxy) is 1. The van der Waals surface area contributed by atoms with Crippen LogP contribution in [0.15, 0.2) is 81.0 Å². The normalized spacial score (nSPS) is 11.2. The summed E-state index contributed by atoms with van der Waals surface area (Å²) in [7, 11) is -3.25. The first kappa shape index (κ1) is 32.6. The Labute approximate surface area is 254 Å². The van der Waals surface area contributed by atoms with Gasteiger partial charge in [-0.1, -0.05) is 44.2 Å². The fraction of sp³-hybridized carbons (Fsp3) is 0.300. The molecule has 4 aromatic heterocycles. The summed E-state index contributed by atoms with van der Waals surface area (Å²) in [5.74, 6) is 0.977. The van der Waals surface area contributed by atoms with Gasteiger partial charge in [0.15, 0.2) is 5.78 Å². The predicted molar refractivity (Wildman–Crippen MR) is 172 cm³/mol. The number of carbonyl (C=O) groups is 1. The first-order valence-corrected chi connectivity index (χ1v) is 17.2. The molecule has 11 heteroatoms. The number of Topliss-reactive ketones (excluding diaryl/α,β-unsaturated/α-hetero) is 1. The summed E-state index contributed by atoms with van der Waals surface area (Å²) in [6.07, 6.45) is 0.0779. The summed E-state index contributed by atoms with van der Waals surface area (Å²) in [5.41, 5.74) is 2.57. The van der Waals surface area contributed by atoms with Crippen molar-refractivity contribution < 1.29 is 17.9 Å². The van der Waals surface area contributed by atoms with Gasteiger partial charge in [-0.2, -0.15) is 0 Å². The number of ketones is 1. The maximum absolute atomic E-state index is 11.4.